The van der Waals surface area contributed by atoms with E-state index in [-0.39, 0.29) is 12.2 Å². The number of amides is 1. The summed E-state index contributed by atoms with van der Waals surface area (Å²) in [7, 11) is 0. The molecule has 1 rings (SSSR count). The van der Waals surface area contributed by atoms with E-state index in [4.69, 9.17) is 4.74 Å². The van der Waals surface area contributed by atoms with Gasteiger partial charge in [0.15, 0.2) is 0 Å². The number of rotatable bonds is 13. The summed E-state index contributed by atoms with van der Waals surface area (Å²) in [6, 6.07) is 0. The first-order valence-corrected chi connectivity index (χ1v) is 9.68. The topological polar surface area (TPSA) is 49.8 Å². The summed E-state index contributed by atoms with van der Waals surface area (Å²) >= 11 is 0. The molecule has 0 unspecified atom stereocenters. The second kappa shape index (κ2) is 11.7. The predicted molar refractivity (Wildman–Crippen MR) is 94.5 cm³/mol. The van der Waals surface area contributed by atoms with E-state index in [9.17, 15) is 9.90 Å². The fourth-order valence-corrected chi connectivity index (χ4v) is 3.00. The number of aliphatic hydroxyl groups excluding tert-OH is 1. The Bertz CT molecular complexity index is 320. The molecule has 23 heavy (non-hydrogen) atoms. The van der Waals surface area contributed by atoms with Gasteiger partial charge in [-0.1, -0.05) is 72.1 Å². The number of hydrogen-bond acceptors (Lipinski definition) is 3. The summed E-state index contributed by atoms with van der Waals surface area (Å²) in [6.07, 6.45) is 10.7. The van der Waals surface area contributed by atoms with Crippen LogP contribution in [0, 0.1) is 5.92 Å². The van der Waals surface area contributed by atoms with Crippen molar-refractivity contribution >= 4 is 6.09 Å². The average molecular weight is 328 g/mol. The molecule has 2 atom stereocenters. The lowest BCUT2D eigenvalue weighted by atomic mass is 10.0. The lowest BCUT2D eigenvalue weighted by Gasteiger charge is -2.17. The average Bonchev–Trinajstić information content (AvgIpc) is 2.89. The van der Waals surface area contributed by atoms with Crippen molar-refractivity contribution < 1.29 is 14.6 Å². The lowest BCUT2D eigenvalue weighted by molar-refractivity contribution is 0.0265. The fraction of sp³-hybridized carbons (Fsp3) is 0.947. The molecule has 4 heteroatoms. The third kappa shape index (κ3) is 8.59. The van der Waals surface area contributed by atoms with E-state index in [1.807, 2.05) is 0 Å². The monoisotopic (exact) mass is 327 g/mol. The zero-order chi connectivity index (χ0) is 17.1. The number of unbranched alkanes of at least 4 members (excludes halogenated alkanes) is 7. The van der Waals surface area contributed by atoms with Gasteiger partial charge >= 0.3 is 6.09 Å². The zero-order valence-corrected chi connectivity index (χ0v) is 15.4. The van der Waals surface area contributed by atoms with Crippen molar-refractivity contribution in [1.29, 1.82) is 0 Å². The number of hydrogen-bond donors (Lipinski definition) is 1. The SMILES string of the molecule is CCCCCCCCCC[C@@H](O)[C@H]1CN(CCC(C)C)C(=O)O1. The minimum atomic E-state index is -0.511. The number of carbonyl (C=O) groups excluding carboxylic acids is 1. The van der Waals surface area contributed by atoms with Crippen molar-refractivity contribution in [2.24, 2.45) is 5.92 Å². The van der Waals surface area contributed by atoms with Gasteiger partial charge in [0.1, 0.15) is 6.10 Å². The van der Waals surface area contributed by atoms with E-state index in [1.165, 1.54) is 44.9 Å². The van der Waals surface area contributed by atoms with Gasteiger partial charge in [-0.25, -0.2) is 4.79 Å². The van der Waals surface area contributed by atoms with Crippen LogP contribution in [0.25, 0.3) is 0 Å². The third-order valence-electron chi connectivity index (χ3n) is 4.67. The maximum absolute atomic E-state index is 11.8. The minimum Gasteiger partial charge on any atom is -0.441 e. The van der Waals surface area contributed by atoms with Gasteiger partial charge in [0, 0.05) is 6.54 Å². The Morgan fingerprint density at radius 2 is 1.70 bits per heavy atom. The minimum absolute atomic E-state index is 0.259. The molecule has 1 aliphatic heterocycles. The first kappa shape index (κ1) is 20.3. The maximum atomic E-state index is 11.8. The van der Waals surface area contributed by atoms with Crippen LogP contribution >= 0.6 is 0 Å². The second-order valence-corrected chi connectivity index (χ2v) is 7.38. The Labute approximate surface area is 142 Å². The van der Waals surface area contributed by atoms with Gasteiger partial charge in [0.05, 0.1) is 12.6 Å². The Hall–Kier alpha value is -0.770. The van der Waals surface area contributed by atoms with Crippen LogP contribution < -0.4 is 0 Å². The molecule has 4 nitrogen and oxygen atoms in total. The molecule has 1 fully saturated rings. The van der Waals surface area contributed by atoms with Gasteiger partial charge in [-0.15, -0.1) is 0 Å². The first-order chi connectivity index (χ1) is 11.0. The normalized spacial score (nSPS) is 19.4. The van der Waals surface area contributed by atoms with Gasteiger partial charge in [-0.3, -0.25) is 0 Å². The summed E-state index contributed by atoms with van der Waals surface area (Å²) in [4.78, 5) is 13.5. The van der Waals surface area contributed by atoms with Crippen molar-refractivity contribution in [3.8, 4) is 0 Å². The summed E-state index contributed by atoms with van der Waals surface area (Å²) in [5.41, 5.74) is 0. The maximum Gasteiger partial charge on any atom is 0.410 e. The van der Waals surface area contributed by atoms with Crippen molar-refractivity contribution in [3.05, 3.63) is 0 Å². The molecule has 0 radical (unpaired) electrons. The van der Waals surface area contributed by atoms with Crippen LogP contribution in [0.4, 0.5) is 4.79 Å². The van der Waals surface area contributed by atoms with Crippen LogP contribution in [0.1, 0.15) is 85.0 Å². The van der Waals surface area contributed by atoms with Gasteiger partial charge in [-0.05, 0) is 18.8 Å². The van der Waals surface area contributed by atoms with E-state index < -0.39 is 6.10 Å². The highest BCUT2D eigenvalue weighted by Gasteiger charge is 2.35. The summed E-state index contributed by atoms with van der Waals surface area (Å²) in [6.45, 7) is 7.81. The van der Waals surface area contributed by atoms with E-state index in [0.717, 1.165) is 25.8 Å². The molecule has 136 valence electrons. The molecule has 1 amide bonds. The van der Waals surface area contributed by atoms with Crippen molar-refractivity contribution in [1.82, 2.24) is 4.90 Å². The van der Waals surface area contributed by atoms with E-state index >= 15 is 0 Å². The Kier molecular flexibility index (Phi) is 10.3. The van der Waals surface area contributed by atoms with Crippen LogP contribution in [0.3, 0.4) is 0 Å². The number of nitrogens with zero attached hydrogens (tertiary/aromatic N) is 1. The Morgan fingerprint density at radius 3 is 2.30 bits per heavy atom. The number of carbonyl (C=O) groups is 1. The highest BCUT2D eigenvalue weighted by Crippen LogP contribution is 2.19. The molecule has 0 bridgehead atoms. The highest BCUT2D eigenvalue weighted by molar-refractivity contribution is 5.69. The summed E-state index contributed by atoms with van der Waals surface area (Å²) < 4.78 is 5.33. The highest BCUT2D eigenvalue weighted by atomic mass is 16.6. The van der Waals surface area contributed by atoms with Gasteiger partial charge in [-0.2, -0.15) is 0 Å². The molecule has 0 aromatic rings. The molecule has 1 aliphatic rings. The molecule has 1 saturated heterocycles. The second-order valence-electron chi connectivity index (χ2n) is 7.38. The molecule has 1 heterocycles. The summed E-state index contributed by atoms with van der Waals surface area (Å²) in [5, 5.41) is 10.2. The van der Waals surface area contributed by atoms with E-state index in [2.05, 4.69) is 20.8 Å². The smallest absolute Gasteiger partial charge is 0.410 e. The standard InChI is InChI=1S/C19H37NO3/c1-4-5-6-7-8-9-10-11-12-17(21)18-15-20(19(22)23-18)14-13-16(2)3/h16-18,21H,4-15H2,1-3H3/t17-,18-/m1/s1. The Balaban J connectivity index is 2.08. The molecular formula is C19H37NO3. The molecule has 0 aliphatic carbocycles. The van der Waals surface area contributed by atoms with E-state index in [0.29, 0.717) is 12.5 Å². The van der Waals surface area contributed by atoms with Crippen LogP contribution in [0.5, 0.6) is 0 Å². The quantitative estimate of drug-likeness (QED) is 0.497. The first-order valence-electron chi connectivity index (χ1n) is 9.68. The van der Waals surface area contributed by atoms with Crippen LogP contribution in [0.2, 0.25) is 0 Å². The number of ether oxygens (including phenoxy) is 1. The molecule has 0 saturated carbocycles. The zero-order valence-electron chi connectivity index (χ0n) is 15.4. The van der Waals surface area contributed by atoms with Crippen LogP contribution in [-0.4, -0.2) is 41.4 Å². The van der Waals surface area contributed by atoms with Crippen LogP contribution in [-0.2, 0) is 4.74 Å². The largest absolute Gasteiger partial charge is 0.441 e. The van der Waals surface area contributed by atoms with Crippen molar-refractivity contribution in [3.63, 3.8) is 0 Å². The van der Waals surface area contributed by atoms with Gasteiger partial charge in [0.25, 0.3) is 0 Å². The Morgan fingerprint density at radius 1 is 1.09 bits per heavy atom. The lowest BCUT2D eigenvalue weighted by Crippen LogP contribution is -2.31. The molecule has 0 aromatic heterocycles. The van der Waals surface area contributed by atoms with E-state index in [1.54, 1.807) is 4.90 Å². The number of cyclic esters (lactones) is 1. The van der Waals surface area contributed by atoms with Crippen molar-refractivity contribution in [2.75, 3.05) is 13.1 Å². The fourth-order valence-electron chi connectivity index (χ4n) is 3.00. The predicted octanol–water partition coefficient (Wildman–Crippen LogP) is 4.75. The third-order valence-corrected chi connectivity index (χ3v) is 4.67. The van der Waals surface area contributed by atoms with Crippen LogP contribution in [0.15, 0.2) is 0 Å². The molecule has 0 spiro atoms. The molecule has 0 aromatic carbocycles. The molecular weight excluding hydrogens is 290 g/mol. The summed E-state index contributed by atoms with van der Waals surface area (Å²) in [5.74, 6) is 0.573. The van der Waals surface area contributed by atoms with Gasteiger partial charge in [0.2, 0.25) is 0 Å². The van der Waals surface area contributed by atoms with Crippen molar-refractivity contribution in [2.45, 2.75) is 97.2 Å². The van der Waals surface area contributed by atoms with Gasteiger partial charge < -0.3 is 14.7 Å². The number of aliphatic hydroxyl groups is 1. The molecule has 1 N–H and O–H groups in total.